The van der Waals surface area contributed by atoms with Crippen molar-refractivity contribution in [1.82, 2.24) is 19.1 Å². The minimum atomic E-state index is -3.63. The Kier molecular flexibility index (Phi) is 6.38. The van der Waals surface area contributed by atoms with E-state index in [1.807, 2.05) is 44.2 Å². The van der Waals surface area contributed by atoms with E-state index in [2.05, 4.69) is 15.2 Å². The van der Waals surface area contributed by atoms with Crippen molar-refractivity contribution < 1.29 is 8.42 Å². The molecular formula is C26H26N6O3S. The number of hydrogen-bond acceptors (Lipinski definition) is 7. The quantitative estimate of drug-likeness (QED) is 0.382. The van der Waals surface area contributed by atoms with E-state index in [4.69, 9.17) is 0 Å². The van der Waals surface area contributed by atoms with E-state index in [-0.39, 0.29) is 10.3 Å². The van der Waals surface area contributed by atoms with Gasteiger partial charge in [-0.15, -0.1) is 0 Å². The van der Waals surface area contributed by atoms with Crippen LogP contribution in [0, 0.1) is 0 Å². The van der Waals surface area contributed by atoms with Crippen LogP contribution in [0.25, 0.3) is 16.6 Å². The Morgan fingerprint density at radius 1 is 1.03 bits per heavy atom. The molecule has 0 saturated heterocycles. The molecule has 0 bridgehead atoms. The fraction of sp³-hybridized carbons (Fsp3) is 0.231. The van der Waals surface area contributed by atoms with Crippen molar-refractivity contribution in [2.24, 2.45) is 5.10 Å². The standard InChI is InChI=1S/C26H26N6O3S/c1-3-30(4-2)36(34,35)20-9-5-8-19(18-20)31-17-14-25(33)26(29-31)24-13-16-28-32(24)23-12-6-11-22-21(23)10-7-15-27-22/h5-12,14-18,24H,3-4,13H2,1-2H3. The second kappa shape index (κ2) is 9.63. The fourth-order valence-electron chi connectivity index (χ4n) is 4.46. The number of sulfonamides is 1. The van der Waals surface area contributed by atoms with Crippen LogP contribution in [0.5, 0.6) is 0 Å². The van der Waals surface area contributed by atoms with Crippen LogP contribution in [-0.4, -0.2) is 46.8 Å². The molecule has 0 N–H and O–H groups in total. The Hall–Kier alpha value is -3.89. The van der Waals surface area contributed by atoms with Gasteiger partial charge in [-0.25, -0.2) is 13.1 Å². The van der Waals surface area contributed by atoms with E-state index in [0.29, 0.717) is 30.9 Å². The van der Waals surface area contributed by atoms with Crippen molar-refractivity contribution in [2.45, 2.75) is 31.2 Å². The van der Waals surface area contributed by atoms with Crippen molar-refractivity contribution in [3.63, 3.8) is 0 Å². The topological polar surface area (TPSA) is 101 Å². The number of aromatic nitrogens is 3. The Morgan fingerprint density at radius 2 is 1.83 bits per heavy atom. The third-order valence-corrected chi connectivity index (χ3v) is 8.32. The molecule has 0 saturated carbocycles. The Morgan fingerprint density at radius 3 is 2.64 bits per heavy atom. The summed E-state index contributed by atoms with van der Waals surface area (Å²) < 4.78 is 29.0. The number of nitrogens with zero attached hydrogens (tertiary/aromatic N) is 6. The molecule has 184 valence electrons. The van der Waals surface area contributed by atoms with Crippen LogP contribution in [0.4, 0.5) is 5.69 Å². The van der Waals surface area contributed by atoms with Gasteiger partial charge in [0.2, 0.25) is 15.5 Å². The summed E-state index contributed by atoms with van der Waals surface area (Å²) in [6, 6.07) is 17.3. The molecule has 3 heterocycles. The smallest absolute Gasteiger partial charge is 0.243 e. The zero-order chi connectivity index (χ0) is 25.3. The van der Waals surface area contributed by atoms with Crippen LogP contribution < -0.4 is 10.4 Å². The highest BCUT2D eigenvalue weighted by atomic mass is 32.2. The number of pyridine rings is 1. The van der Waals surface area contributed by atoms with Gasteiger partial charge in [-0.1, -0.05) is 26.0 Å². The van der Waals surface area contributed by atoms with Crippen molar-refractivity contribution in [1.29, 1.82) is 0 Å². The highest BCUT2D eigenvalue weighted by Crippen LogP contribution is 2.35. The summed E-state index contributed by atoms with van der Waals surface area (Å²) in [4.78, 5) is 17.6. The number of fused-ring (bicyclic) bond motifs is 1. The fourth-order valence-corrected chi connectivity index (χ4v) is 5.95. The van der Waals surface area contributed by atoms with Gasteiger partial charge in [-0.3, -0.25) is 14.8 Å². The lowest BCUT2D eigenvalue weighted by molar-refractivity contribution is 0.445. The van der Waals surface area contributed by atoms with Gasteiger partial charge in [0, 0.05) is 49.6 Å². The maximum atomic E-state index is 13.0. The Bertz CT molecular complexity index is 1610. The molecule has 1 unspecified atom stereocenters. The summed E-state index contributed by atoms with van der Waals surface area (Å²) in [5.41, 5.74) is 2.33. The summed E-state index contributed by atoms with van der Waals surface area (Å²) in [6.07, 6.45) is 5.58. The zero-order valence-electron chi connectivity index (χ0n) is 20.0. The lowest BCUT2D eigenvalue weighted by Crippen LogP contribution is -2.30. The highest BCUT2D eigenvalue weighted by Gasteiger charge is 2.29. The van der Waals surface area contributed by atoms with E-state index in [1.165, 1.54) is 10.4 Å². The normalized spacial score (nSPS) is 15.8. The largest absolute Gasteiger partial charge is 0.288 e. The molecule has 0 radical (unpaired) electrons. The van der Waals surface area contributed by atoms with Crippen molar-refractivity contribution in [3.05, 3.63) is 89.0 Å². The second-order valence-corrected chi connectivity index (χ2v) is 10.3. The minimum Gasteiger partial charge on any atom is -0.288 e. The molecule has 36 heavy (non-hydrogen) atoms. The summed E-state index contributed by atoms with van der Waals surface area (Å²) in [7, 11) is -3.63. The van der Waals surface area contributed by atoms with Gasteiger partial charge in [-0.2, -0.15) is 14.5 Å². The van der Waals surface area contributed by atoms with E-state index in [1.54, 1.807) is 52.6 Å². The maximum absolute atomic E-state index is 13.0. The molecule has 0 amide bonds. The predicted molar refractivity (Wildman–Crippen MR) is 140 cm³/mol. The Balaban J connectivity index is 1.55. The van der Waals surface area contributed by atoms with Crippen molar-refractivity contribution in [2.75, 3.05) is 18.1 Å². The van der Waals surface area contributed by atoms with Crippen LogP contribution in [0.15, 0.2) is 87.8 Å². The second-order valence-electron chi connectivity index (χ2n) is 8.34. The van der Waals surface area contributed by atoms with Gasteiger partial charge in [-0.05, 0) is 42.5 Å². The number of anilines is 1. The highest BCUT2D eigenvalue weighted by molar-refractivity contribution is 7.89. The number of hydrogen-bond donors (Lipinski definition) is 0. The van der Waals surface area contributed by atoms with Gasteiger partial charge in [0.1, 0.15) is 11.7 Å². The molecule has 5 rings (SSSR count). The van der Waals surface area contributed by atoms with E-state index < -0.39 is 16.1 Å². The summed E-state index contributed by atoms with van der Waals surface area (Å²) in [5, 5.41) is 11.9. The molecule has 0 spiro atoms. The lowest BCUT2D eigenvalue weighted by Gasteiger charge is -2.24. The molecule has 1 aliphatic heterocycles. The van der Waals surface area contributed by atoms with E-state index in [0.717, 1.165) is 16.6 Å². The van der Waals surface area contributed by atoms with Crippen LogP contribution >= 0.6 is 0 Å². The minimum absolute atomic E-state index is 0.180. The summed E-state index contributed by atoms with van der Waals surface area (Å²) >= 11 is 0. The molecule has 0 aliphatic carbocycles. The molecule has 2 aromatic carbocycles. The lowest BCUT2D eigenvalue weighted by atomic mass is 10.1. The average Bonchev–Trinajstić information content (AvgIpc) is 3.39. The van der Waals surface area contributed by atoms with Crippen LogP contribution in [-0.2, 0) is 10.0 Å². The average molecular weight is 503 g/mol. The zero-order valence-corrected chi connectivity index (χ0v) is 20.8. The van der Waals surface area contributed by atoms with Crippen molar-refractivity contribution in [3.8, 4) is 5.69 Å². The summed E-state index contributed by atoms with van der Waals surface area (Å²) in [6.45, 7) is 4.37. The molecular weight excluding hydrogens is 476 g/mol. The summed E-state index contributed by atoms with van der Waals surface area (Å²) in [5.74, 6) is 0. The predicted octanol–water partition coefficient (Wildman–Crippen LogP) is 3.75. The first kappa shape index (κ1) is 23.8. The van der Waals surface area contributed by atoms with Gasteiger partial charge in [0.25, 0.3) is 0 Å². The van der Waals surface area contributed by atoms with Crippen LogP contribution in [0.1, 0.15) is 32.0 Å². The van der Waals surface area contributed by atoms with Gasteiger partial charge in [0.05, 0.1) is 21.8 Å². The number of benzene rings is 2. The van der Waals surface area contributed by atoms with Crippen LogP contribution in [0.3, 0.4) is 0 Å². The Labute approximate surface area is 209 Å². The third kappa shape index (κ3) is 4.18. The molecule has 4 aromatic rings. The molecule has 10 heteroatoms. The SMILES string of the molecule is CCN(CC)S(=O)(=O)c1cccc(-n2ccc(=O)c(C3CC=NN3c3cccc4ncccc34)n2)c1. The molecule has 1 aliphatic rings. The molecule has 2 aromatic heterocycles. The number of rotatable bonds is 7. The maximum Gasteiger partial charge on any atom is 0.243 e. The number of hydrazone groups is 1. The molecule has 1 atom stereocenters. The molecule has 0 fully saturated rings. The van der Waals surface area contributed by atoms with Crippen molar-refractivity contribution >= 4 is 32.8 Å². The van der Waals surface area contributed by atoms with Gasteiger partial charge < -0.3 is 0 Å². The monoisotopic (exact) mass is 502 g/mol. The first-order chi connectivity index (χ1) is 17.4. The third-order valence-electron chi connectivity index (χ3n) is 6.28. The van der Waals surface area contributed by atoms with Gasteiger partial charge in [0.15, 0.2) is 0 Å². The molecule has 9 nitrogen and oxygen atoms in total. The van der Waals surface area contributed by atoms with E-state index >= 15 is 0 Å². The van der Waals surface area contributed by atoms with Crippen LogP contribution in [0.2, 0.25) is 0 Å². The van der Waals surface area contributed by atoms with E-state index in [9.17, 15) is 13.2 Å². The first-order valence-corrected chi connectivity index (χ1v) is 13.2. The van der Waals surface area contributed by atoms with Gasteiger partial charge >= 0.3 is 0 Å². The first-order valence-electron chi connectivity index (χ1n) is 11.8.